The van der Waals surface area contributed by atoms with Gasteiger partial charge in [-0.25, -0.2) is 0 Å². The van der Waals surface area contributed by atoms with Crippen molar-refractivity contribution in [2.75, 3.05) is 53.9 Å². The van der Waals surface area contributed by atoms with Crippen LogP contribution in [0, 0.1) is 13.8 Å². The van der Waals surface area contributed by atoms with Crippen LogP contribution in [0.15, 0.2) is 119 Å². The van der Waals surface area contributed by atoms with Crippen LogP contribution in [0.1, 0.15) is 176 Å². The van der Waals surface area contributed by atoms with Crippen molar-refractivity contribution in [3.63, 3.8) is 0 Å². The van der Waals surface area contributed by atoms with Crippen molar-refractivity contribution in [1.82, 2.24) is 0 Å². The Labute approximate surface area is 573 Å². The quantitative estimate of drug-likeness (QED) is 0.0159. The van der Waals surface area contributed by atoms with E-state index in [1.54, 1.807) is 39.8 Å². The van der Waals surface area contributed by atoms with Crippen molar-refractivity contribution in [2.45, 2.75) is 190 Å². The predicted octanol–water partition coefficient (Wildman–Crippen LogP) is 15.7. The number of aryl methyl sites for hydroxylation is 2. The fraction of sp³-hybridized carbons (Fsp3) is 0.462. The normalized spacial score (nSPS) is 16.0. The van der Waals surface area contributed by atoms with Gasteiger partial charge in [0.05, 0.1) is 70.9 Å². The Kier molecular flexibility index (Phi) is 26.5. The molecule has 97 heavy (non-hydrogen) atoms. The summed E-state index contributed by atoms with van der Waals surface area (Å²) in [7, 11) is 3.38. The average Bonchev–Trinajstić information content (AvgIpc) is 1.56. The Bertz CT molecular complexity index is 3650. The molecule has 1 spiro atoms. The van der Waals surface area contributed by atoms with Crippen LogP contribution in [0.4, 0.5) is 0 Å². The van der Waals surface area contributed by atoms with Crippen LogP contribution in [0.3, 0.4) is 0 Å². The minimum atomic E-state index is -2.21. The van der Waals surface area contributed by atoms with Crippen LogP contribution in [-0.2, 0) is 77.7 Å². The molecule has 3 aliphatic rings. The third-order valence-corrected chi connectivity index (χ3v) is 19.1. The maximum atomic E-state index is 13.1. The standard InChI is InChI=1S/C78H92O18S/c1-9-11-43-87-49-53(5)91-67(80)35-37-70(83)94-76(95-71(84)38-36-68(81)92-54(6)50-88-44-12-10-2)93-69(82)34-33-66(79)90-46-45-89-58-31-27-56(28-32-58)78(55-25-29-57(85-7)30-26-55)42-39-60-73-72(59-23-16-17-24-63(59)77(73)40-18-14-13-15-19-41-77)61-48-65(64(86-8)47-62(61)74(60)96-78)97-75-51(3)21-20-22-52(75)4/h16-17,20-32,39,42,47-48,53-54,76H,9-15,18-19,33-38,40-41,43-46,49-50H2,1-8H3. The molecule has 0 saturated heterocycles. The molecule has 3 atom stereocenters. The zero-order valence-corrected chi connectivity index (χ0v) is 58.0. The molecule has 0 radical (unpaired) electrons. The van der Waals surface area contributed by atoms with E-state index in [2.05, 4.69) is 80.6 Å². The number of esters is 6. The topological polar surface area (TPSA) is 213 Å². The Balaban J connectivity index is 0.882. The maximum Gasteiger partial charge on any atom is 0.412 e. The number of methoxy groups -OCH3 is 2. The minimum absolute atomic E-state index is 0.0396. The van der Waals surface area contributed by atoms with Gasteiger partial charge < -0.3 is 56.8 Å². The van der Waals surface area contributed by atoms with Gasteiger partial charge in [-0.05, 0) is 135 Å². The van der Waals surface area contributed by atoms with Crippen LogP contribution >= 0.6 is 11.8 Å². The van der Waals surface area contributed by atoms with E-state index in [1.807, 2.05) is 62.4 Å². The molecular formula is C78H92O18S. The smallest absolute Gasteiger partial charge is 0.412 e. The Morgan fingerprint density at radius 1 is 0.557 bits per heavy atom. The summed E-state index contributed by atoms with van der Waals surface area (Å²) in [4.78, 5) is 79.2. The summed E-state index contributed by atoms with van der Waals surface area (Å²) in [6.45, 7) is 10.6. The number of carbonyl (C=O) groups is 6. The zero-order valence-electron chi connectivity index (χ0n) is 57.2. The molecule has 2 aliphatic carbocycles. The van der Waals surface area contributed by atoms with Crippen LogP contribution in [0.5, 0.6) is 23.0 Å². The maximum absolute atomic E-state index is 13.1. The van der Waals surface area contributed by atoms with E-state index in [1.165, 1.54) is 57.5 Å². The number of benzene rings is 6. The lowest BCUT2D eigenvalue weighted by molar-refractivity contribution is -0.258. The van der Waals surface area contributed by atoms with Crippen molar-refractivity contribution in [3.8, 4) is 34.1 Å². The van der Waals surface area contributed by atoms with Gasteiger partial charge in [-0.1, -0.05) is 143 Å². The van der Waals surface area contributed by atoms with Gasteiger partial charge in [0.2, 0.25) is 0 Å². The second-order valence-corrected chi connectivity index (χ2v) is 26.0. The van der Waals surface area contributed by atoms with Gasteiger partial charge in [-0.15, -0.1) is 0 Å². The molecule has 3 unspecified atom stereocenters. The Hall–Kier alpha value is -8.39. The Morgan fingerprint density at radius 3 is 1.63 bits per heavy atom. The summed E-state index contributed by atoms with van der Waals surface area (Å²) in [5.74, 6) is -2.71. The Morgan fingerprint density at radius 2 is 1.08 bits per heavy atom. The van der Waals surface area contributed by atoms with Crippen LogP contribution in [-0.4, -0.2) is 108 Å². The first-order valence-corrected chi connectivity index (χ1v) is 34.9. The molecule has 1 heterocycles. The van der Waals surface area contributed by atoms with Crippen LogP contribution in [0.2, 0.25) is 0 Å². The molecule has 518 valence electrons. The van der Waals surface area contributed by atoms with Crippen molar-refractivity contribution in [2.24, 2.45) is 0 Å². The SMILES string of the molecule is CCCCOCC(C)OC(=O)CCC(=O)OC(OC(=O)CCC(=O)OCCOc1ccc(C2(c3ccc(OC)cc3)C=Cc3c4c(c5cc(Sc6c(C)cccc6C)c(OC)cc5c3O2)-c2ccccc2C42CCCCCCC2)cc1)OC(=O)CCC(=O)OC(C)COCCCC. The largest absolute Gasteiger partial charge is 0.497 e. The average molecular weight is 1350 g/mol. The molecule has 18 nitrogen and oxygen atoms in total. The molecule has 19 heteroatoms. The molecule has 1 saturated carbocycles. The molecule has 0 bridgehead atoms. The van der Waals surface area contributed by atoms with Crippen molar-refractivity contribution in [1.29, 1.82) is 0 Å². The van der Waals surface area contributed by atoms with E-state index < -0.39 is 98.6 Å². The van der Waals surface area contributed by atoms with E-state index in [-0.39, 0.29) is 31.8 Å². The minimum Gasteiger partial charge on any atom is -0.497 e. The van der Waals surface area contributed by atoms with Gasteiger partial charge in [0.15, 0.2) is 5.60 Å². The van der Waals surface area contributed by atoms with Gasteiger partial charge in [0.25, 0.3) is 0 Å². The first-order valence-electron chi connectivity index (χ1n) is 34.1. The highest BCUT2D eigenvalue weighted by atomic mass is 32.2. The summed E-state index contributed by atoms with van der Waals surface area (Å²) < 4.78 is 68.5. The van der Waals surface area contributed by atoms with E-state index in [0.717, 1.165) is 95.2 Å². The van der Waals surface area contributed by atoms with E-state index in [9.17, 15) is 28.8 Å². The third-order valence-electron chi connectivity index (χ3n) is 17.7. The highest BCUT2D eigenvalue weighted by Crippen LogP contribution is 2.62. The number of rotatable bonds is 34. The fourth-order valence-corrected chi connectivity index (χ4v) is 13.9. The molecule has 0 aromatic heterocycles. The number of ether oxygens (including phenoxy) is 12. The molecule has 6 aromatic carbocycles. The van der Waals surface area contributed by atoms with Crippen molar-refractivity contribution >= 4 is 64.4 Å². The van der Waals surface area contributed by atoms with E-state index >= 15 is 0 Å². The van der Waals surface area contributed by atoms with Gasteiger partial charge in [-0.3, -0.25) is 28.8 Å². The molecule has 1 fully saturated rings. The number of hydrogen-bond donors (Lipinski definition) is 0. The van der Waals surface area contributed by atoms with Gasteiger partial charge in [0, 0.05) is 45.6 Å². The van der Waals surface area contributed by atoms with E-state index in [4.69, 9.17) is 56.8 Å². The highest BCUT2D eigenvalue weighted by Gasteiger charge is 2.48. The molecular weight excluding hydrogens is 1260 g/mol. The number of unbranched alkanes of at least 4 members (excludes halogenated alkanes) is 2. The monoisotopic (exact) mass is 1350 g/mol. The summed E-state index contributed by atoms with van der Waals surface area (Å²) in [5, 5.41) is 2.05. The second-order valence-electron chi connectivity index (χ2n) is 25.0. The van der Waals surface area contributed by atoms with Crippen LogP contribution in [0.25, 0.3) is 28.0 Å². The summed E-state index contributed by atoms with van der Waals surface area (Å²) >= 11 is 1.73. The first-order chi connectivity index (χ1) is 47.0. The lowest BCUT2D eigenvalue weighted by Gasteiger charge is -2.40. The molecule has 6 aromatic rings. The van der Waals surface area contributed by atoms with Gasteiger partial charge in [-0.2, -0.15) is 0 Å². The molecule has 9 rings (SSSR count). The van der Waals surface area contributed by atoms with Crippen LogP contribution < -0.4 is 18.9 Å². The lowest BCUT2D eigenvalue weighted by Crippen LogP contribution is -2.35. The zero-order chi connectivity index (χ0) is 68.9. The van der Waals surface area contributed by atoms with Crippen molar-refractivity contribution in [3.05, 3.63) is 148 Å². The summed E-state index contributed by atoms with van der Waals surface area (Å²) in [5.41, 5.74) is 9.02. The third kappa shape index (κ3) is 18.6. The van der Waals surface area contributed by atoms with E-state index in [0.29, 0.717) is 24.7 Å². The first kappa shape index (κ1) is 72.9. The summed E-state index contributed by atoms with van der Waals surface area (Å²) in [6.07, 6.45) is 11.9. The van der Waals surface area contributed by atoms with Crippen molar-refractivity contribution < 1.29 is 85.6 Å². The fourth-order valence-electron chi connectivity index (χ4n) is 12.8. The van der Waals surface area contributed by atoms with Gasteiger partial charge >= 0.3 is 42.3 Å². The molecule has 1 aliphatic heterocycles. The lowest BCUT2D eigenvalue weighted by atomic mass is 9.67. The molecule has 0 N–H and O–H groups in total. The van der Waals surface area contributed by atoms with Gasteiger partial charge in [0.1, 0.15) is 48.4 Å². The predicted molar refractivity (Wildman–Crippen MR) is 368 cm³/mol. The number of carbonyl (C=O) groups excluding carboxylic acids is 6. The second kappa shape index (κ2) is 35.2. The highest BCUT2D eigenvalue weighted by molar-refractivity contribution is 7.99. The number of fused-ring (bicyclic) bond motifs is 10. The molecule has 0 amide bonds. The summed E-state index contributed by atoms with van der Waals surface area (Å²) in [6, 6.07) is 35.5. The number of hydrogen-bond acceptors (Lipinski definition) is 19.